The first-order chi connectivity index (χ1) is 7.39. The van der Waals surface area contributed by atoms with Gasteiger partial charge in [-0.2, -0.15) is 0 Å². The largest absolute Gasteiger partial charge is 0.290 e. The van der Waals surface area contributed by atoms with Crippen LogP contribution in [0.1, 0.15) is 48.5 Å². The average Bonchev–Trinajstić information content (AvgIpc) is 2.26. The van der Waals surface area contributed by atoms with Crippen molar-refractivity contribution in [2.45, 2.75) is 48.5 Å². The van der Waals surface area contributed by atoms with Gasteiger partial charge in [0.15, 0.2) is 0 Å². The molecule has 0 aromatic carbocycles. The van der Waals surface area contributed by atoms with Gasteiger partial charge in [0.2, 0.25) is 0 Å². The molecule has 1 unspecified atom stereocenters. The van der Waals surface area contributed by atoms with Crippen LogP contribution in [0.25, 0.3) is 0 Å². The molecule has 2 nitrogen and oxygen atoms in total. The minimum Gasteiger partial charge on any atom is -0.290 e. The summed E-state index contributed by atoms with van der Waals surface area (Å²) in [7, 11) is 0. The van der Waals surface area contributed by atoms with Crippen LogP contribution in [0.5, 0.6) is 0 Å². The van der Waals surface area contributed by atoms with Crippen LogP contribution in [-0.4, -0.2) is 12.6 Å². The van der Waals surface area contributed by atoms with Crippen molar-refractivity contribution in [2.75, 3.05) is 0 Å². The molecule has 0 aliphatic rings. The Balaban J connectivity index is 0. The van der Waals surface area contributed by atoms with Crippen LogP contribution in [0.2, 0.25) is 0 Å². The Morgan fingerprint density at radius 3 is 2.00 bits per heavy atom. The second-order valence-electron chi connectivity index (χ2n) is 4.69. The van der Waals surface area contributed by atoms with Gasteiger partial charge in [-0.15, -0.1) is 0 Å². The van der Waals surface area contributed by atoms with Gasteiger partial charge < -0.3 is 0 Å². The molecular weight excluding hydrogens is 196 g/mol. The van der Waals surface area contributed by atoms with Crippen molar-refractivity contribution >= 4 is 12.6 Å². The minimum atomic E-state index is -0.0549. The quantitative estimate of drug-likeness (QED) is 0.403. The van der Waals surface area contributed by atoms with Gasteiger partial charge in [0.25, 0.3) is 0 Å². The number of aliphatic imine (C=N–C) groups is 1. The van der Waals surface area contributed by atoms with Crippen molar-refractivity contribution in [3.63, 3.8) is 0 Å². The molecule has 94 valence electrons. The van der Waals surface area contributed by atoms with E-state index in [0.717, 1.165) is 6.34 Å². The van der Waals surface area contributed by atoms with Crippen LogP contribution in [-0.2, 0) is 0 Å². The molecule has 0 aromatic rings. The van der Waals surface area contributed by atoms with Gasteiger partial charge in [0.1, 0.15) is 6.34 Å². The smallest absolute Gasteiger partial charge is 0.106 e. The third kappa shape index (κ3) is 9.63. The second-order valence-corrected chi connectivity index (χ2v) is 4.69. The lowest BCUT2D eigenvalue weighted by molar-refractivity contribution is 0.499. The maximum atomic E-state index is 6.82. The van der Waals surface area contributed by atoms with E-state index >= 15 is 0 Å². The number of nitrogens with zero attached hydrogens (tertiary/aromatic N) is 1. The molecule has 1 atom stereocenters. The van der Waals surface area contributed by atoms with E-state index in [1.807, 2.05) is 13.8 Å². The fourth-order valence-electron chi connectivity index (χ4n) is 0.894. The minimum absolute atomic E-state index is 0.0549. The van der Waals surface area contributed by atoms with Gasteiger partial charge in [-0.1, -0.05) is 60.6 Å². The van der Waals surface area contributed by atoms with Crippen LogP contribution >= 0.6 is 0 Å². The van der Waals surface area contributed by atoms with E-state index in [2.05, 4.69) is 51.8 Å². The molecule has 0 fully saturated rings. The van der Waals surface area contributed by atoms with Crippen LogP contribution in [0.15, 0.2) is 17.1 Å². The Hall–Kier alpha value is -0.920. The summed E-state index contributed by atoms with van der Waals surface area (Å²) in [6.45, 7) is 14.8. The molecule has 0 saturated heterocycles. The van der Waals surface area contributed by atoms with Gasteiger partial charge in [0, 0.05) is 11.6 Å². The molecule has 2 heteroatoms. The Bertz CT molecular complexity index is 225. The molecule has 16 heavy (non-hydrogen) atoms. The number of hydrogen-bond donors (Lipinski definition) is 1. The molecule has 0 heterocycles. The van der Waals surface area contributed by atoms with Crippen molar-refractivity contribution in [3.8, 4) is 0 Å². The maximum absolute atomic E-state index is 6.82. The monoisotopic (exact) mass is 224 g/mol. The van der Waals surface area contributed by atoms with E-state index in [9.17, 15) is 0 Å². The summed E-state index contributed by atoms with van der Waals surface area (Å²) in [5.74, 6) is 1.25. The topological polar surface area (TPSA) is 36.2 Å². The van der Waals surface area contributed by atoms with Crippen molar-refractivity contribution in [2.24, 2.45) is 22.2 Å². The highest BCUT2D eigenvalue weighted by atomic mass is 14.7. The van der Waals surface area contributed by atoms with Crippen molar-refractivity contribution in [3.05, 3.63) is 12.2 Å². The number of nitrogens with one attached hydrogen (secondary N) is 1. The van der Waals surface area contributed by atoms with Crippen molar-refractivity contribution in [1.29, 1.82) is 5.41 Å². The standard InChI is InChI=1S/C12H22N2.C2H6/c1-10(2)11(3)6-7-12(4,5)8-14-9-13;1-2/h6-11,13H,1-5H3;1-2H3/b7-6-,13-9?,14-8?;. The molecule has 1 N–H and O–H groups in total. The highest BCUT2D eigenvalue weighted by Gasteiger charge is 2.11. The lowest BCUT2D eigenvalue weighted by Gasteiger charge is -2.16. The molecule has 0 aliphatic carbocycles. The Labute approximate surface area is 101 Å². The lowest BCUT2D eigenvalue weighted by Crippen LogP contribution is -2.10. The molecule has 0 rings (SSSR count). The SMILES string of the molecule is CC.CC(C)C(C)/C=C\C(C)(C)C=NC=N. The molecule has 0 saturated carbocycles. The average molecular weight is 224 g/mol. The molecule has 0 amide bonds. The van der Waals surface area contributed by atoms with E-state index < -0.39 is 0 Å². The van der Waals surface area contributed by atoms with Gasteiger partial charge in [0.05, 0.1) is 0 Å². The zero-order valence-electron chi connectivity index (χ0n) is 11.9. The normalized spacial score (nSPS) is 14.0. The third-order valence-corrected chi connectivity index (χ3v) is 2.36. The first-order valence-corrected chi connectivity index (χ1v) is 6.11. The van der Waals surface area contributed by atoms with Crippen molar-refractivity contribution in [1.82, 2.24) is 0 Å². The fourth-order valence-corrected chi connectivity index (χ4v) is 0.894. The first-order valence-electron chi connectivity index (χ1n) is 6.11. The van der Waals surface area contributed by atoms with Crippen LogP contribution in [0, 0.1) is 22.7 Å². The predicted molar refractivity (Wildman–Crippen MR) is 75.5 cm³/mol. The fraction of sp³-hybridized carbons (Fsp3) is 0.714. The van der Waals surface area contributed by atoms with Crippen molar-refractivity contribution < 1.29 is 0 Å². The Kier molecular flexibility index (Phi) is 10.2. The van der Waals surface area contributed by atoms with E-state index in [1.54, 1.807) is 6.21 Å². The summed E-state index contributed by atoms with van der Waals surface area (Å²) >= 11 is 0. The first kappa shape index (κ1) is 17.5. The van der Waals surface area contributed by atoms with Crippen LogP contribution < -0.4 is 0 Å². The van der Waals surface area contributed by atoms with Crippen LogP contribution in [0.4, 0.5) is 0 Å². The molecule has 0 radical (unpaired) electrons. The summed E-state index contributed by atoms with van der Waals surface area (Å²) in [5.41, 5.74) is -0.0549. The van der Waals surface area contributed by atoms with E-state index in [-0.39, 0.29) is 5.41 Å². The Morgan fingerprint density at radius 1 is 1.12 bits per heavy atom. The van der Waals surface area contributed by atoms with E-state index in [1.165, 1.54) is 0 Å². The highest BCUT2D eigenvalue weighted by Crippen LogP contribution is 2.18. The summed E-state index contributed by atoms with van der Waals surface area (Å²) in [6.07, 6.45) is 7.25. The molecule has 0 bridgehead atoms. The van der Waals surface area contributed by atoms with Gasteiger partial charge in [-0.05, 0) is 11.8 Å². The number of allylic oxidation sites excluding steroid dienone is 2. The van der Waals surface area contributed by atoms with Crippen LogP contribution in [0.3, 0.4) is 0 Å². The van der Waals surface area contributed by atoms with Gasteiger partial charge in [-0.25, -0.2) is 4.99 Å². The van der Waals surface area contributed by atoms with Gasteiger partial charge >= 0.3 is 0 Å². The number of rotatable bonds is 5. The molecule has 0 aliphatic heterocycles. The zero-order valence-corrected chi connectivity index (χ0v) is 11.9. The number of hydrogen-bond acceptors (Lipinski definition) is 1. The molecule has 0 spiro atoms. The predicted octanol–water partition coefficient (Wildman–Crippen LogP) is 4.56. The molecule has 0 aromatic heterocycles. The summed E-state index contributed by atoms with van der Waals surface area (Å²) < 4.78 is 0. The third-order valence-electron chi connectivity index (χ3n) is 2.36. The summed E-state index contributed by atoms with van der Waals surface area (Å²) in [5, 5.41) is 6.82. The highest BCUT2D eigenvalue weighted by molar-refractivity contribution is 5.76. The summed E-state index contributed by atoms with van der Waals surface area (Å²) in [4.78, 5) is 3.83. The van der Waals surface area contributed by atoms with E-state index in [0.29, 0.717) is 11.8 Å². The Morgan fingerprint density at radius 2 is 1.62 bits per heavy atom. The lowest BCUT2D eigenvalue weighted by atomic mass is 9.90. The maximum Gasteiger partial charge on any atom is 0.106 e. The van der Waals surface area contributed by atoms with Gasteiger partial charge in [-0.3, -0.25) is 5.41 Å². The second kappa shape index (κ2) is 9.32. The molecular formula is C14H28N2. The summed E-state index contributed by atoms with van der Waals surface area (Å²) in [6, 6.07) is 0. The van der Waals surface area contributed by atoms with E-state index in [4.69, 9.17) is 5.41 Å². The zero-order chi connectivity index (χ0) is 13.2.